The maximum Gasteiger partial charge on any atom is 0.419 e. The van der Waals surface area contributed by atoms with Crippen molar-refractivity contribution in [3.05, 3.63) is 34.3 Å². The zero-order chi connectivity index (χ0) is 13.1. The molecule has 6 heteroatoms. The summed E-state index contributed by atoms with van der Waals surface area (Å²) in [7, 11) is 3.37. The molecule has 18 heavy (non-hydrogen) atoms. The van der Waals surface area contributed by atoms with Gasteiger partial charge in [0.25, 0.3) is 0 Å². The maximum atomic E-state index is 11.3. The number of nitrogens with one attached hydrogen (secondary N) is 2. The van der Waals surface area contributed by atoms with Crippen molar-refractivity contribution >= 4 is 17.0 Å². The number of carbonyl (C=O) groups excluding carboxylic acids is 1. The van der Waals surface area contributed by atoms with Gasteiger partial charge in [0.1, 0.15) is 0 Å². The first kappa shape index (κ1) is 12.4. The van der Waals surface area contributed by atoms with Crippen molar-refractivity contribution in [3.8, 4) is 0 Å². The Morgan fingerprint density at radius 2 is 2.22 bits per heavy atom. The molecule has 0 unspecified atom stereocenters. The van der Waals surface area contributed by atoms with Crippen molar-refractivity contribution in [2.24, 2.45) is 7.05 Å². The number of benzene rings is 1. The molecule has 0 spiro atoms. The second-order valence-electron chi connectivity index (χ2n) is 4.04. The number of likely N-dealkylation sites (N-methyl/N-ethyl adjacent to an activating group) is 1. The van der Waals surface area contributed by atoms with Crippen molar-refractivity contribution in [2.45, 2.75) is 6.54 Å². The Balaban J connectivity index is 2.15. The van der Waals surface area contributed by atoms with Gasteiger partial charge in [-0.05, 0) is 24.7 Å². The summed E-state index contributed by atoms with van der Waals surface area (Å²) in [5.41, 5.74) is 2.16. The van der Waals surface area contributed by atoms with Gasteiger partial charge in [0.2, 0.25) is 5.91 Å². The Morgan fingerprint density at radius 1 is 1.44 bits per heavy atom. The van der Waals surface area contributed by atoms with Gasteiger partial charge in [0, 0.05) is 13.6 Å². The van der Waals surface area contributed by atoms with Gasteiger partial charge >= 0.3 is 5.76 Å². The summed E-state index contributed by atoms with van der Waals surface area (Å²) in [4.78, 5) is 22.6. The standard InChI is InChI=1S/C12H15N3O3/c1-13-7-11(16)14-6-8-3-4-9-10(5-8)18-12(17)15(9)2/h3-5,13H,6-7H2,1-2H3,(H,14,16). The lowest BCUT2D eigenvalue weighted by Crippen LogP contribution is -2.31. The topological polar surface area (TPSA) is 76.3 Å². The molecule has 96 valence electrons. The molecule has 0 aliphatic heterocycles. The Hall–Kier alpha value is -2.08. The summed E-state index contributed by atoms with van der Waals surface area (Å²) >= 11 is 0. The third-order valence-electron chi connectivity index (χ3n) is 2.68. The number of hydrogen-bond acceptors (Lipinski definition) is 4. The van der Waals surface area contributed by atoms with Crippen molar-refractivity contribution in [1.82, 2.24) is 15.2 Å². The van der Waals surface area contributed by atoms with Crippen LogP contribution in [0.5, 0.6) is 0 Å². The molecule has 0 atom stereocenters. The molecule has 0 aliphatic rings. The lowest BCUT2D eigenvalue weighted by atomic mass is 10.2. The van der Waals surface area contributed by atoms with Crippen molar-refractivity contribution in [2.75, 3.05) is 13.6 Å². The molecule has 0 fully saturated rings. The molecule has 0 saturated carbocycles. The number of rotatable bonds is 4. The molecule has 6 nitrogen and oxygen atoms in total. The molecule has 0 aliphatic carbocycles. The second kappa shape index (κ2) is 5.05. The van der Waals surface area contributed by atoms with E-state index in [9.17, 15) is 9.59 Å². The first-order valence-corrected chi connectivity index (χ1v) is 5.61. The van der Waals surface area contributed by atoms with Crippen LogP contribution < -0.4 is 16.4 Å². The van der Waals surface area contributed by atoms with Crippen LogP contribution in [0.3, 0.4) is 0 Å². The highest BCUT2D eigenvalue weighted by atomic mass is 16.4. The molecule has 0 saturated heterocycles. The average molecular weight is 249 g/mol. The third-order valence-corrected chi connectivity index (χ3v) is 2.68. The first-order chi connectivity index (χ1) is 8.61. The number of aromatic nitrogens is 1. The molecule has 1 aromatic carbocycles. The molecule has 2 aromatic rings. The SMILES string of the molecule is CNCC(=O)NCc1ccc2c(c1)oc(=O)n2C. The van der Waals surface area contributed by atoms with Crippen LogP contribution in [0.15, 0.2) is 27.4 Å². The molecule has 0 radical (unpaired) electrons. The van der Waals surface area contributed by atoms with Crippen LogP contribution in [0.4, 0.5) is 0 Å². The van der Waals surface area contributed by atoms with Gasteiger partial charge in [-0.25, -0.2) is 4.79 Å². The van der Waals surface area contributed by atoms with Crippen LogP contribution in [-0.4, -0.2) is 24.1 Å². The average Bonchev–Trinajstić information content (AvgIpc) is 2.63. The Labute approximate surface area is 104 Å². The summed E-state index contributed by atoms with van der Waals surface area (Å²) < 4.78 is 6.52. The fourth-order valence-electron chi connectivity index (χ4n) is 1.71. The summed E-state index contributed by atoms with van der Waals surface area (Å²) in [6.45, 7) is 0.692. The first-order valence-electron chi connectivity index (χ1n) is 5.61. The van der Waals surface area contributed by atoms with E-state index < -0.39 is 0 Å². The molecule has 1 aromatic heterocycles. The minimum Gasteiger partial charge on any atom is -0.408 e. The van der Waals surface area contributed by atoms with Crippen LogP contribution >= 0.6 is 0 Å². The minimum atomic E-state index is -0.388. The third kappa shape index (κ3) is 2.43. The molecule has 1 amide bonds. The van der Waals surface area contributed by atoms with E-state index in [1.807, 2.05) is 6.07 Å². The molecule has 0 bridgehead atoms. The Morgan fingerprint density at radius 3 is 2.94 bits per heavy atom. The van der Waals surface area contributed by atoms with Crippen LogP contribution in [0.2, 0.25) is 0 Å². The number of nitrogens with zero attached hydrogens (tertiary/aromatic N) is 1. The van der Waals surface area contributed by atoms with Crippen LogP contribution in [0.25, 0.3) is 11.1 Å². The zero-order valence-electron chi connectivity index (χ0n) is 10.3. The lowest BCUT2D eigenvalue weighted by Gasteiger charge is -2.04. The van der Waals surface area contributed by atoms with Gasteiger partial charge in [-0.1, -0.05) is 6.07 Å². The van der Waals surface area contributed by atoms with Crippen LogP contribution in [0.1, 0.15) is 5.56 Å². The number of fused-ring (bicyclic) bond motifs is 1. The number of hydrogen-bond donors (Lipinski definition) is 2. The largest absolute Gasteiger partial charge is 0.419 e. The normalized spacial score (nSPS) is 10.8. The Bertz CT molecular complexity index is 627. The highest BCUT2D eigenvalue weighted by Gasteiger charge is 2.06. The van der Waals surface area contributed by atoms with E-state index in [1.165, 1.54) is 4.57 Å². The summed E-state index contributed by atoms with van der Waals surface area (Å²) in [5.74, 6) is -0.464. The van der Waals surface area contributed by atoms with Crippen molar-refractivity contribution < 1.29 is 9.21 Å². The predicted molar refractivity (Wildman–Crippen MR) is 67.2 cm³/mol. The Kier molecular flexibility index (Phi) is 3.47. The van der Waals surface area contributed by atoms with E-state index in [0.29, 0.717) is 12.1 Å². The van der Waals surface area contributed by atoms with Gasteiger partial charge in [-0.15, -0.1) is 0 Å². The summed E-state index contributed by atoms with van der Waals surface area (Å²) in [5, 5.41) is 5.53. The van der Waals surface area contributed by atoms with E-state index >= 15 is 0 Å². The quantitative estimate of drug-likeness (QED) is 0.797. The molecule has 2 rings (SSSR count). The fourth-order valence-corrected chi connectivity index (χ4v) is 1.71. The van der Waals surface area contributed by atoms with E-state index in [4.69, 9.17) is 4.42 Å². The van der Waals surface area contributed by atoms with Gasteiger partial charge in [-0.3, -0.25) is 9.36 Å². The summed E-state index contributed by atoms with van der Waals surface area (Å²) in [6, 6.07) is 5.42. The van der Waals surface area contributed by atoms with Gasteiger partial charge in [0.05, 0.1) is 12.1 Å². The van der Waals surface area contributed by atoms with Gasteiger partial charge in [0.15, 0.2) is 5.58 Å². The van der Waals surface area contributed by atoms with Crippen LogP contribution in [0, 0.1) is 0 Å². The van der Waals surface area contributed by atoms with Crippen molar-refractivity contribution in [3.63, 3.8) is 0 Å². The molecule has 1 heterocycles. The molecular weight excluding hydrogens is 234 g/mol. The number of amides is 1. The van der Waals surface area contributed by atoms with E-state index in [1.54, 1.807) is 26.2 Å². The maximum absolute atomic E-state index is 11.3. The van der Waals surface area contributed by atoms with Gasteiger partial charge < -0.3 is 15.1 Å². The fraction of sp³-hybridized carbons (Fsp3) is 0.333. The zero-order valence-corrected chi connectivity index (χ0v) is 10.3. The minimum absolute atomic E-state index is 0.0767. The van der Waals surface area contributed by atoms with E-state index in [0.717, 1.165) is 11.1 Å². The number of oxazole rings is 1. The summed E-state index contributed by atoms with van der Waals surface area (Å²) in [6.07, 6.45) is 0. The van der Waals surface area contributed by atoms with E-state index in [2.05, 4.69) is 10.6 Å². The lowest BCUT2D eigenvalue weighted by molar-refractivity contribution is -0.120. The second-order valence-corrected chi connectivity index (χ2v) is 4.04. The number of aryl methyl sites for hydroxylation is 1. The highest BCUT2D eigenvalue weighted by Crippen LogP contribution is 2.13. The molecular formula is C12H15N3O3. The highest BCUT2D eigenvalue weighted by molar-refractivity contribution is 5.78. The van der Waals surface area contributed by atoms with Crippen LogP contribution in [-0.2, 0) is 18.4 Å². The monoisotopic (exact) mass is 249 g/mol. The van der Waals surface area contributed by atoms with Gasteiger partial charge in [-0.2, -0.15) is 0 Å². The number of carbonyl (C=O) groups is 1. The predicted octanol–water partition coefficient (Wildman–Crippen LogP) is -0.0329. The van der Waals surface area contributed by atoms with E-state index in [-0.39, 0.29) is 18.2 Å². The molecule has 2 N–H and O–H groups in total. The van der Waals surface area contributed by atoms with Crippen molar-refractivity contribution in [1.29, 1.82) is 0 Å². The smallest absolute Gasteiger partial charge is 0.408 e.